The quantitative estimate of drug-likeness (QED) is 0.511. The minimum atomic E-state index is 0.480. The lowest BCUT2D eigenvalue weighted by Gasteiger charge is -2.14. The Labute approximate surface area is 61.8 Å². The summed E-state index contributed by atoms with van der Waals surface area (Å²) in [6.45, 7) is 8.09. The highest BCUT2D eigenvalue weighted by Gasteiger charge is 2.32. The molecule has 54 valence electrons. The average Bonchev–Trinajstić information content (AvgIpc) is 1.79. The van der Waals surface area contributed by atoms with Crippen LogP contribution in [0, 0.1) is 0 Å². The third-order valence-electron chi connectivity index (χ3n) is 1.74. The Morgan fingerprint density at radius 1 is 1.56 bits per heavy atom. The molecule has 0 spiro atoms. The first-order valence-corrected chi connectivity index (χ1v) is 4.27. The Kier molecular flexibility index (Phi) is 1.79. The molecule has 0 radical (unpaired) electrons. The van der Waals surface area contributed by atoms with Gasteiger partial charge in [0.15, 0.2) is 0 Å². The van der Waals surface area contributed by atoms with E-state index in [1.54, 1.807) is 0 Å². The molecule has 1 aliphatic heterocycles. The van der Waals surface area contributed by atoms with E-state index in [0.717, 1.165) is 0 Å². The van der Waals surface area contributed by atoms with Crippen molar-refractivity contribution in [3.05, 3.63) is 0 Å². The fraction of sp³-hybridized carbons (Fsp3) is 1.00. The second-order valence-corrected chi connectivity index (χ2v) is 5.42. The van der Waals surface area contributed by atoms with Crippen molar-refractivity contribution >= 4 is 11.8 Å². The highest BCUT2D eigenvalue weighted by molar-refractivity contribution is 8.01. The van der Waals surface area contributed by atoms with Crippen LogP contribution in [0.5, 0.6) is 0 Å². The monoisotopic (exact) mass is 145 g/mol. The molecule has 1 saturated heterocycles. The van der Waals surface area contributed by atoms with Crippen LogP contribution < -0.4 is 0 Å². The third-order valence-corrected chi connectivity index (χ3v) is 3.21. The van der Waals surface area contributed by atoms with Gasteiger partial charge in [-0.15, -0.1) is 11.8 Å². The molecular weight excluding hydrogens is 130 g/mol. The highest BCUT2D eigenvalue weighted by Crippen LogP contribution is 2.37. The van der Waals surface area contributed by atoms with Crippen molar-refractivity contribution < 1.29 is 0 Å². The summed E-state index contributed by atoms with van der Waals surface area (Å²) in [5.74, 6) is 0. The van der Waals surface area contributed by atoms with E-state index in [9.17, 15) is 0 Å². The van der Waals surface area contributed by atoms with Crippen LogP contribution in [0.15, 0.2) is 0 Å². The molecule has 0 bridgehead atoms. The van der Waals surface area contributed by atoms with Gasteiger partial charge in [-0.05, 0) is 27.8 Å². The summed E-state index contributed by atoms with van der Waals surface area (Å²) < 4.78 is 0.480. The number of rotatable bonds is 0. The summed E-state index contributed by atoms with van der Waals surface area (Å²) >= 11 is 2.06. The summed E-state index contributed by atoms with van der Waals surface area (Å²) in [5, 5.41) is 0.708. The minimum Gasteiger partial charge on any atom is -0.293 e. The first-order valence-electron chi connectivity index (χ1n) is 3.39. The molecule has 0 saturated carbocycles. The van der Waals surface area contributed by atoms with Crippen molar-refractivity contribution in [2.24, 2.45) is 0 Å². The summed E-state index contributed by atoms with van der Waals surface area (Å²) in [5.41, 5.74) is 0. The normalized spacial score (nSPS) is 35.3. The molecular formula is C7H15NS. The van der Waals surface area contributed by atoms with E-state index in [1.807, 2.05) is 0 Å². The Morgan fingerprint density at radius 2 is 2.11 bits per heavy atom. The standard InChI is InChI=1S/C7H15NS/c1-6-8(4)5-7(2,3)9-6/h6H,5H2,1-4H3. The van der Waals surface area contributed by atoms with Gasteiger partial charge in [-0.3, -0.25) is 4.90 Å². The van der Waals surface area contributed by atoms with Gasteiger partial charge in [0.2, 0.25) is 0 Å². The third kappa shape index (κ3) is 1.62. The smallest absolute Gasteiger partial charge is 0.0532 e. The van der Waals surface area contributed by atoms with Gasteiger partial charge in [0.05, 0.1) is 5.37 Å². The van der Waals surface area contributed by atoms with Gasteiger partial charge in [-0.2, -0.15) is 0 Å². The molecule has 1 fully saturated rings. The van der Waals surface area contributed by atoms with Crippen molar-refractivity contribution in [3.63, 3.8) is 0 Å². The predicted octanol–water partition coefficient (Wildman–Crippen LogP) is 1.79. The van der Waals surface area contributed by atoms with Gasteiger partial charge >= 0.3 is 0 Å². The number of nitrogens with zero attached hydrogens (tertiary/aromatic N) is 1. The maximum absolute atomic E-state index is 2.39. The van der Waals surface area contributed by atoms with Crippen molar-refractivity contribution in [2.75, 3.05) is 13.6 Å². The molecule has 1 heterocycles. The maximum Gasteiger partial charge on any atom is 0.0532 e. The molecule has 0 aromatic heterocycles. The Morgan fingerprint density at radius 3 is 2.22 bits per heavy atom. The molecule has 1 rings (SSSR count). The van der Waals surface area contributed by atoms with E-state index in [2.05, 4.69) is 44.5 Å². The van der Waals surface area contributed by atoms with Crippen LogP contribution in [0.25, 0.3) is 0 Å². The summed E-state index contributed by atoms with van der Waals surface area (Å²) in [7, 11) is 2.19. The summed E-state index contributed by atoms with van der Waals surface area (Å²) in [6, 6.07) is 0. The van der Waals surface area contributed by atoms with Crippen LogP contribution in [0.3, 0.4) is 0 Å². The second kappa shape index (κ2) is 2.17. The first-order chi connectivity index (χ1) is 4.01. The number of hydrogen-bond donors (Lipinski definition) is 0. The van der Waals surface area contributed by atoms with Crippen molar-refractivity contribution in [3.8, 4) is 0 Å². The lowest BCUT2D eigenvalue weighted by atomic mass is 10.2. The van der Waals surface area contributed by atoms with Crippen molar-refractivity contribution in [2.45, 2.75) is 30.9 Å². The summed E-state index contributed by atoms with van der Waals surface area (Å²) in [4.78, 5) is 2.39. The van der Waals surface area contributed by atoms with Gasteiger partial charge in [0.25, 0.3) is 0 Å². The van der Waals surface area contributed by atoms with E-state index in [1.165, 1.54) is 6.54 Å². The number of thioether (sulfide) groups is 1. The molecule has 0 aliphatic carbocycles. The molecule has 1 aliphatic rings. The van der Waals surface area contributed by atoms with Gasteiger partial charge in [-0.25, -0.2) is 0 Å². The molecule has 2 heteroatoms. The van der Waals surface area contributed by atoms with E-state index in [0.29, 0.717) is 10.1 Å². The molecule has 0 amide bonds. The summed E-state index contributed by atoms with van der Waals surface area (Å²) in [6.07, 6.45) is 0. The Bertz CT molecular complexity index is 99.5. The zero-order valence-electron chi connectivity index (χ0n) is 6.64. The minimum absolute atomic E-state index is 0.480. The molecule has 0 N–H and O–H groups in total. The van der Waals surface area contributed by atoms with E-state index in [4.69, 9.17) is 0 Å². The van der Waals surface area contributed by atoms with E-state index in [-0.39, 0.29) is 0 Å². The van der Waals surface area contributed by atoms with Gasteiger partial charge in [-0.1, -0.05) is 0 Å². The zero-order valence-corrected chi connectivity index (χ0v) is 7.46. The first kappa shape index (κ1) is 7.42. The molecule has 1 atom stereocenters. The van der Waals surface area contributed by atoms with E-state index >= 15 is 0 Å². The number of hydrogen-bond acceptors (Lipinski definition) is 2. The van der Waals surface area contributed by atoms with Gasteiger partial charge in [0, 0.05) is 11.3 Å². The van der Waals surface area contributed by atoms with Crippen molar-refractivity contribution in [1.29, 1.82) is 0 Å². The average molecular weight is 145 g/mol. The lowest BCUT2D eigenvalue weighted by molar-refractivity contribution is 0.334. The zero-order chi connectivity index (χ0) is 7.07. The van der Waals surface area contributed by atoms with Crippen LogP contribution >= 0.6 is 11.8 Å². The molecule has 1 nitrogen and oxygen atoms in total. The molecule has 0 aromatic carbocycles. The lowest BCUT2D eigenvalue weighted by Crippen LogP contribution is -2.25. The van der Waals surface area contributed by atoms with Crippen LogP contribution in [0.4, 0.5) is 0 Å². The Hall–Kier alpha value is 0.310. The molecule has 0 aromatic rings. The SMILES string of the molecule is CC1SC(C)(C)CN1C. The highest BCUT2D eigenvalue weighted by atomic mass is 32.2. The van der Waals surface area contributed by atoms with Gasteiger partial charge < -0.3 is 0 Å². The van der Waals surface area contributed by atoms with E-state index < -0.39 is 0 Å². The molecule has 9 heavy (non-hydrogen) atoms. The predicted molar refractivity (Wildman–Crippen MR) is 43.8 cm³/mol. The topological polar surface area (TPSA) is 3.24 Å². The van der Waals surface area contributed by atoms with Crippen LogP contribution in [0.2, 0.25) is 0 Å². The largest absolute Gasteiger partial charge is 0.293 e. The van der Waals surface area contributed by atoms with Crippen LogP contribution in [0.1, 0.15) is 20.8 Å². The Balaban J connectivity index is 2.54. The fourth-order valence-corrected chi connectivity index (χ4v) is 2.77. The fourth-order valence-electron chi connectivity index (χ4n) is 1.32. The maximum atomic E-state index is 2.39. The van der Waals surface area contributed by atoms with Crippen LogP contribution in [-0.4, -0.2) is 28.6 Å². The molecule has 1 unspecified atom stereocenters. The van der Waals surface area contributed by atoms with Crippen molar-refractivity contribution in [1.82, 2.24) is 4.90 Å². The van der Waals surface area contributed by atoms with Crippen LogP contribution in [-0.2, 0) is 0 Å². The van der Waals surface area contributed by atoms with Gasteiger partial charge in [0.1, 0.15) is 0 Å². The second-order valence-electron chi connectivity index (χ2n) is 3.39.